The van der Waals surface area contributed by atoms with Gasteiger partial charge in [0.25, 0.3) is 0 Å². The first-order chi connectivity index (χ1) is 17.4. The first-order valence-electron chi connectivity index (χ1n) is 13.6. The Labute approximate surface area is 217 Å². The van der Waals surface area contributed by atoms with Crippen LogP contribution in [0.5, 0.6) is 11.5 Å². The molecule has 0 spiro atoms. The van der Waals surface area contributed by atoms with Gasteiger partial charge in [0.2, 0.25) is 11.8 Å². The number of amides is 2. The van der Waals surface area contributed by atoms with E-state index in [0.29, 0.717) is 12.8 Å². The monoisotopic (exact) mass is 498 g/mol. The molecule has 6 nitrogen and oxygen atoms in total. The highest BCUT2D eigenvalue weighted by molar-refractivity contribution is 5.91. The zero-order chi connectivity index (χ0) is 26.4. The maximum Gasteiger partial charge on any atom is 0.224 e. The predicted molar refractivity (Wildman–Crippen MR) is 149 cm³/mol. The number of hydrogen-bond acceptors (Lipinski definition) is 4. The van der Waals surface area contributed by atoms with Gasteiger partial charge >= 0.3 is 0 Å². The normalized spacial score (nSPS) is 10.3. The average molecular weight is 499 g/mol. The largest absolute Gasteiger partial charge is 0.508 e. The molecule has 0 aromatic heterocycles. The number of benzene rings is 2. The second-order valence-electron chi connectivity index (χ2n) is 9.23. The van der Waals surface area contributed by atoms with E-state index in [0.717, 1.165) is 37.1 Å². The first-order valence-corrected chi connectivity index (χ1v) is 13.6. The Bertz CT molecular complexity index is 764. The van der Waals surface area contributed by atoms with E-state index in [-0.39, 0.29) is 23.3 Å². The van der Waals surface area contributed by atoms with Crippen molar-refractivity contribution in [3.8, 4) is 11.5 Å². The summed E-state index contributed by atoms with van der Waals surface area (Å²) in [7, 11) is 0. The van der Waals surface area contributed by atoms with E-state index in [4.69, 9.17) is 10.2 Å². The number of hydrogen-bond donors (Lipinski definition) is 4. The van der Waals surface area contributed by atoms with E-state index in [1.807, 2.05) is 0 Å². The summed E-state index contributed by atoms with van der Waals surface area (Å²) < 4.78 is 0. The molecule has 0 aliphatic heterocycles. The Morgan fingerprint density at radius 2 is 0.833 bits per heavy atom. The van der Waals surface area contributed by atoms with Crippen molar-refractivity contribution in [1.29, 1.82) is 0 Å². The number of phenols is 2. The van der Waals surface area contributed by atoms with E-state index in [1.165, 1.54) is 51.4 Å². The molecule has 0 saturated heterocycles. The van der Waals surface area contributed by atoms with Crippen molar-refractivity contribution < 1.29 is 19.8 Å². The molecule has 0 fully saturated rings. The Kier molecular flexibility index (Phi) is 17.4. The highest BCUT2D eigenvalue weighted by Gasteiger charge is 2.03. The van der Waals surface area contributed by atoms with Gasteiger partial charge in [-0.3, -0.25) is 9.59 Å². The van der Waals surface area contributed by atoms with Crippen LogP contribution in [0.1, 0.15) is 104 Å². The lowest BCUT2D eigenvalue weighted by Crippen LogP contribution is -2.10. The molecule has 2 rings (SSSR count). The molecule has 4 N–H and O–H groups in total. The van der Waals surface area contributed by atoms with Gasteiger partial charge < -0.3 is 20.8 Å². The predicted octanol–water partition coefficient (Wildman–Crippen LogP) is 8.16. The highest BCUT2D eigenvalue weighted by atomic mass is 16.3. The van der Waals surface area contributed by atoms with Gasteiger partial charge in [-0.25, -0.2) is 0 Å². The van der Waals surface area contributed by atoms with E-state index < -0.39 is 0 Å². The number of aromatic hydroxyl groups is 2. The van der Waals surface area contributed by atoms with Crippen molar-refractivity contribution in [3.05, 3.63) is 48.5 Å². The van der Waals surface area contributed by atoms with Gasteiger partial charge in [0, 0.05) is 24.2 Å². The fraction of sp³-hybridized carbons (Fsp3) is 0.533. The summed E-state index contributed by atoms with van der Waals surface area (Å²) in [6.45, 7) is 4.40. The van der Waals surface area contributed by atoms with Gasteiger partial charge in [-0.15, -0.1) is 0 Å². The zero-order valence-electron chi connectivity index (χ0n) is 22.2. The molecule has 2 amide bonds. The quantitative estimate of drug-likeness (QED) is 0.139. The fourth-order valence-electron chi connectivity index (χ4n) is 3.67. The lowest BCUT2D eigenvalue weighted by molar-refractivity contribution is -0.117. The fourth-order valence-corrected chi connectivity index (χ4v) is 3.67. The van der Waals surface area contributed by atoms with E-state index in [2.05, 4.69) is 24.5 Å². The zero-order valence-corrected chi connectivity index (χ0v) is 22.2. The minimum atomic E-state index is 0.0520. The molecule has 200 valence electrons. The maximum absolute atomic E-state index is 11.6. The van der Waals surface area contributed by atoms with Crippen LogP contribution in [0.3, 0.4) is 0 Å². The van der Waals surface area contributed by atoms with E-state index in [9.17, 15) is 9.59 Å². The maximum atomic E-state index is 11.6. The molecule has 0 bridgehead atoms. The second-order valence-corrected chi connectivity index (χ2v) is 9.23. The molecule has 2 aromatic carbocycles. The SMILES string of the molecule is CCCCCCCCC(=O)Nc1ccc(O)cc1.CCCCCCCCC(=O)Nc1ccc(O)cc1. The molecule has 0 atom stereocenters. The summed E-state index contributed by atoms with van der Waals surface area (Å²) in [6.07, 6.45) is 15.4. The molecule has 0 saturated carbocycles. The molecule has 2 aromatic rings. The van der Waals surface area contributed by atoms with Crippen LogP contribution in [0, 0.1) is 0 Å². The minimum Gasteiger partial charge on any atom is -0.508 e. The number of nitrogens with one attached hydrogen (secondary N) is 2. The summed E-state index contributed by atoms with van der Waals surface area (Å²) in [4.78, 5) is 23.2. The van der Waals surface area contributed by atoms with Gasteiger partial charge in [0.05, 0.1) is 0 Å². The molecule has 0 aliphatic rings. The van der Waals surface area contributed by atoms with Crippen molar-refractivity contribution in [2.75, 3.05) is 10.6 Å². The van der Waals surface area contributed by atoms with Crippen LogP contribution in [0.15, 0.2) is 48.5 Å². The lowest BCUT2D eigenvalue weighted by Gasteiger charge is -2.05. The average Bonchev–Trinajstić information content (AvgIpc) is 2.87. The minimum absolute atomic E-state index is 0.0520. The van der Waals surface area contributed by atoms with Crippen LogP contribution >= 0.6 is 0 Å². The number of carbonyl (C=O) groups excluding carboxylic acids is 2. The summed E-state index contributed by atoms with van der Waals surface area (Å²) in [5.74, 6) is 0.528. The second kappa shape index (κ2) is 20.2. The van der Waals surface area contributed by atoms with Crippen LogP contribution in [-0.4, -0.2) is 22.0 Å². The smallest absolute Gasteiger partial charge is 0.224 e. The molecule has 0 aliphatic carbocycles. The number of rotatable bonds is 16. The lowest BCUT2D eigenvalue weighted by atomic mass is 10.1. The molecule has 6 heteroatoms. The van der Waals surface area contributed by atoms with Crippen LogP contribution in [0.25, 0.3) is 0 Å². The van der Waals surface area contributed by atoms with Crippen molar-refractivity contribution >= 4 is 23.2 Å². The summed E-state index contributed by atoms with van der Waals surface area (Å²) in [6, 6.07) is 13.1. The Morgan fingerprint density at radius 1 is 0.528 bits per heavy atom. The van der Waals surface area contributed by atoms with E-state index in [1.54, 1.807) is 48.5 Å². The number of phenolic OH excluding ortho intramolecular Hbond substituents is 2. The Balaban J connectivity index is 0.000000360. The van der Waals surface area contributed by atoms with Crippen molar-refractivity contribution in [2.24, 2.45) is 0 Å². The van der Waals surface area contributed by atoms with E-state index >= 15 is 0 Å². The standard InChI is InChI=1S/2C15H23NO2/c2*1-2-3-4-5-6-7-8-15(18)16-13-9-11-14(17)12-10-13/h2*9-12,17H,2-8H2,1H3,(H,16,18). The molecular formula is C30H46N2O4. The number of unbranched alkanes of at least 4 members (excludes halogenated alkanes) is 10. The third kappa shape index (κ3) is 16.6. The number of anilines is 2. The summed E-state index contributed by atoms with van der Waals surface area (Å²) >= 11 is 0. The van der Waals surface area contributed by atoms with Gasteiger partial charge in [-0.2, -0.15) is 0 Å². The van der Waals surface area contributed by atoms with Gasteiger partial charge in [0.1, 0.15) is 11.5 Å². The molecule has 0 unspecified atom stereocenters. The first kappa shape index (κ1) is 31.0. The van der Waals surface area contributed by atoms with Gasteiger partial charge in [-0.05, 0) is 61.4 Å². The van der Waals surface area contributed by atoms with Crippen molar-refractivity contribution in [1.82, 2.24) is 0 Å². The highest BCUT2D eigenvalue weighted by Crippen LogP contribution is 2.16. The van der Waals surface area contributed by atoms with Crippen LogP contribution in [-0.2, 0) is 9.59 Å². The molecular weight excluding hydrogens is 452 g/mol. The topological polar surface area (TPSA) is 98.7 Å². The van der Waals surface area contributed by atoms with Crippen LogP contribution in [0.4, 0.5) is 11.4 Å². The number of carbonyl (C=O) groups is 2. The van der Waals surface area contributed by atoms with Gasteiger partial charge in [-0.1, -0.05) is 78.1 Å². The third-order valence-corrected chi connectivity index (χ3v) is 5.82. The molecule has 36 heavy (non-hydrogen) atoms. The summed E-state index contributed by atoms with van der Waals surface area (Å²) in [5, 5.41) is 23.9. The Hall–Kier alpha value is -3.02. The summed E-state index contributed by atoms with van der Waals surface area (Å²) in [5.41, 5.74) is 1.48. The molecule has 0 heterocycles. The Morgan fingerprint density at radius 3 is 1.17 bits per heavy atom. The third-order valence-electron chi connectivity index (χ3n) is 5.82. The molecule has 0 radical (unpaired) electrons. The van der Waals surface area contributed by atoms with Crippen molar-refractivity contribution in [2.45, 2.75) is 104 Å². The van der Waals surface area contributed by atoms with Crippen molar-refractivity contribution in [3.63, 3.8) is 0 Å². The van der Waals surface area contributed by atoms with Crippen LogP contribution < -0.4 is 10.6 Å². The van der Waals surface area contributed by atoms with Crippen LogP contribution in [0.2, 0.25) is 0 Å². The van der Waals surface area contributed by atoms with Gasteiger partial charge in [0.15, 0.2) is 0 Å².